The first kappa shape index (κ1) is 14.8. The third kappa shape index (κ3) is 5.38. The molecule has 3 N–H and O–H groups in total. The fraction of sp³-hybridized carbons (Fsp3) is 0.462. The second-order valence-corrected chi connectivity index (χ2v) is 5.43. The van der Waals surface area contributed by atoms with Gasteiger partial charge in [-0.25, -0.2) is 0 Å². The fourth-order valence-electron chi connectivity index (χ4n) is 1.31. The Morgan fingerprint density at radius 2 is 2.11 bits per heavy atom. The maximum absolute atomic E-state index is 11.7. The minimum Gasteiger partial charge on any atom is -0.397 e. The van der Waals surface area contributed by atoms with E-state index in [9.17, 15) is 4.79 Å². The molecular weight excluding hydrogens is 252 g/mol. The topological polar surface area (TPSA) is 64.3 Å². The predicted octanol–water partition coefficient (Wildman–Crippen LogP) is 3.07. The van der Waals surface area contributed by atoms with E-state index in [4.69, 9.17) is 22.1 Å². The zero-order valence-corrected chi connectivity index (χ0v) is 11.7. The minimum atomic E-state index is -0.237. The van der Waals surface area contributed by atoms with Gasteiger partial charge in [-0.2, -0.15) is 0 Å². The molecule has 0 radical (unpaired) electrons. The molecule has 5 heteroatoms. The van der Waals surface area contributed by atoms with Gasteiger partial charge in [-0.15, -0.1) is 0 Å². The van der Waals surface area contributed by atoms with Crippen LogP contribution in [-0.2, 0) is 9.53 Å². The van der Waals surface area contributed by atoms with Crippen LogP contribution in [0.1, 0.15) is 27.2 Å². The van der Waals surface area contributed by atoms with E-state index in [1.165, 1.54) is 0 Å². The van der Waals surface area contributed by atoms with Gasteiger partial charge in [0.15, 0.2) is 0 Å². The standard InChI is InChI=1S/C13H19ClN2O2/c1-13(2,3)18-7-6-12(17)16-11-5-4-9(14)8-10(11)15/h4-5,8H,6-7,15H2,1-3H3,(H,16,17). The summed E-state index contributed by atoms with van der Waals surface area (Å²) in [5, 5.41) is 3.26. The van der Waals surface area contributed by atoms with Crippen molar-refractivity contribution in [3.8, 4) is 0 Å². The van der Waals surface area contributed by atoms with Crippen molar-refractivity contribution in [3.63, 3.8) is 0 Å². The van der Waals surface area contributed by atoms with Crippen LogP contribution in [0.25, 0.3) is 0 Å². The lowest BCUT2D eigenvalue weighted by molar-refractivity contribution is -0.118. The van der Waals surface area contributed by atoms with Crippen molar-refractivity contribution in [1.29, 1.82) is 0 Å². The van der Waals surface area contributed by atoms with Gasteiger partial charge in [0.05, 0.1) is 30.0 Å². The molecule has 0 aliphatic heterocycles. The molecule has 4 nitrogen and oxygen atoms in total. The van der Waals surface area contributed by atoms with Crippen molar-refractivity contribution >= 4 is 28.9 Å². The number of hydrogen-bond donors (Lipinski definition) is 2. The Bertz CT molecular complexity index is 427. The lowest BCUT2D eigenvalue weighted by Crippen LogP contribution is -2.23. The molecule has 0 fully saturated rings. The fourth-order valence-corrected chi connectivity index (χ4v) is 1.49. The molecule has 0 aromatic heterocycles. The van der Waals surface area contributed by atoms with Gasteiger partial charge in [0, 0.05) is 5.02 Å². The molecule has 18 heavy (non-hydrogen) atoms. The number of hydrogen-bond acceptors (Lipinski definition) is 3. The molecular formula is C13H19ClN2O2. The summed E-state index contributed by atoms with van der Waals surface area (Å²) in [6.07, 6.45) is 0.291. The van der Waals surface area contributed by atoms with Gasteiger partial charge >= 0.3 is 0 Å². The smallest absolute Gasteiger partial charge is 0.226 e. The largest absolute Gasteiger partial charge is 0.397 e. The van der Waals surface area contributed by atoms with Gasteiger partial charge in [-0.1, -0.05) is 11.6 Å². The summed E-state index contributed by atoms with van der Waals surface area (Å²) in [6, 6.07) is 4.96. The highest BCUT2D eigenvalue weighted by Crippen LogP contribution is 2.22. The number of carbonyl (C=O) groups excluding carboxylic acids is 1. The number of ether oxygens (including phenoxy) is 1. The Morgan fingerprint density at radius 1 is 1.44 bits per heavy atom. The lowest BCUT2D eigenvalue weighted by atomic mass is 10.2. The van der Waals surface area contributed by atoms with Gasteiger partial charge in [0.1, 0.15) is 0 Å². The minimum absolute atomic E-state index is 0.131. The highest BCUT2D eigenvalue weighted by atomic mass is 35.5. The summed E-state index contributed by atoms with van der Waals surface area (Å²) in [5.74, 6) is -0.131. The van der Waals surface area contributed by atoms with Gasteiger partial charge in [-0.05, 0) is 39.0 Å². The highest BCUT2D eigenvalue weighted by Gasteiger charge is 2.11. The van der Waals surface area contributed by atoms with Crippen molar-refractivity contribution < 1.29 is 9.53 Å². The summed E-state index contributed by atoms with van der Waals surface area (Å²) < 4.78 is 5.47. The lowest BCUT2D eigenvalue weighted by Gasteiger charge is -2.19. The Balaban J connectivity index is 2.45. The molecule has 0 saturated carbocycles. The number of nitrogen functional groups attached to an aromatic ring is 1. The van der Waals surface area contributed by atoms with Crippen molar-refractivity contribution in [2.24, 2.45) is 0 Å². The van der Waals surface area contributed by atoms with Crippen molar-refractivity contribution in [3.05, 3.63) is 23.2 Å². The zero-order valence-electron chi connectivity index (χ0n) is 10.9. The molecule has 1 rings (SSSR count). The van der Waals surface area contributed by atoms with E-state index in [0.717, 1.165) is 0 Å². The molecule has 0 aliphatic rings. The van der Waals surface area contributed by atoms with E-state index < -0.39 is 0 Å². The molecule has 0 aliphatic carbocycles. The number of halogens is 1. The Hall–Kier alpha value is -1.26. The van der Waals surface area contributed by atoms with Crippen LogP contribution < -0.4 is 11.1 Å². The number of anilines is 2. The van der Waals surface area contributed by atoms with Crippen LogP contribution in [0.5, 0.6) is 0 Å². The van der Waals surface area contributed by atoms with Crippen molar-refractivity contribution in [2.75, 3.05) is 17.7 Å². The summed E-state index contributed by atoms with van der Waals surface area (Å²) in [5.41, 5.74) is 6.52. The Morgan fingerprint density at radius 3 is 2.67 bits per heavy atom. The zero-order chi connectivity index (χ0) is 13.8. The second-order valence-electron chi connectivity index (χ2n) is 4.99. The number of carbonyl (C=O) groups is 1. The molecule has 0 saturated heterocycles. The van der Waals surface area contributed by atoms with E-state index in [1.807, 2.05) is 20.8 Å². The maximum atomic E-state index is 11.7. The molecule has 1 aromatic carbocycles. The molecule has 0 atom stereocenters. The maximum Gasteiger partial charge on any atom is 0.226 e. The predicted molar refractivity (Wildman–Crippen MR) is 74.8 cm³/mol. The first-order valence-electron chi connectivity index (χ1n) is 5.77. The third-order valence-corrected chi connectivity index (χ3v) is 2.39. The highest BCUT2D eigenvalue weighted by molar-refractivity contribution is 6.31. The summed E-state index contributed by atoms with van der Waals surface area (Å²) in [7, 11) is 0. The van der Waals surface area contributed by atoms with E-state index >= 15 is 0 Å². The van der Waals surface area contributed by atoms with Crippen molar-refractivity contribution in [1.82, 2.24) is 0 Å². The van der Waals surface area contributed by atoms with E-state index in [2.05, 4.69) is 5.32 Å². The van der Waals surface area contributed by atoms with Crippen LogP contribution in [0.15, 0.2) is 18.2 Å². The first-order chi connectivity index (χ1) is 8.28. The SMILES string of the molecule is CC(C)(C)OCCC(=O)Nc1ccc(Cl)cc1N. The molecule has 0 unspecified atom stereocenters. The Labute approximate surface area is 112 Å². The number of rotatable bonds is 4. The normalized spacial score (nSPS) is 11.3. The van der Waals surface area contributed by atoms with Gasteiger partial charge < -0.3 is 15.8 Å². The Kier molecular flexibility index (Phi) is 4.99. The van der Waals surface area contributed by atoms with E-state index in [0.29, 0.717) is 29.4 Å². The average Bonchev–Trinajstić information content (AvgIpc) is 2.20. The quantitative estimate of drug-likeness (QED) is 0.827. The first-order valence-corrected chi connectivity index (χ1v) is 6.14. The molecule has 100 valence electrons. The number of amides is 1. The van der Waals surface area contributed by atoms with E-state index in [1.54, 1.807) is 18.2 Å². The molecule has 1 amide bonds. The van der Waals surface area contributed by atoms with Crippen LogP contribution in [-0.4, -0.2) is 18.1 Å². The molecule has 0 spiro atoms. The van der Waals surface area contributed by atoms with Crippen LogP contribution >= 0.6 is 11.6 Å². The van der Waals surface area contributed by atoms with Gasteiger partial charge in [-0.3, -0.25) is 4.79 Å². The third-order valence-electron chi connectivity index (χ3n) is 2.15. The van der Waals surface area contributed by atoms with Gasteiger partial charge in [0.25, 0.3) is 0 Å². The summed E-state index contributed by atoms with van der Waals surface area (Å²) >= 11 is 5.77. The van der Waals surface area contributed by atoms with Crippen LogP contribution in [0.4, 0.5) is 11.4 Å². The van der Waals surface area contributed by atoms with Crippen LogP contribution in [0.3, 0.4) is 0 Å². The molecule has 1 aromatic rings. The number of nitrogens with two attached hydrogens (primary N) is 1. The molecule has 0 heterocycles. The molecule has 0 bridgehead atoms. The average molecular weight is 271 g/mol. The van der Waals surface area contributed by atoms with Gasteiger partial charge in [0.2, 0.25) is 5.91 Å². The van der Waals surface area contributed by atoms with E-state index in [-0.39, 0.29) is 11.5 Å². The van der Waals surface area contributed by atoms with Crippen LogP contribution in [0, 0.1) is 0 Å². The number of nitrogens with one attached hydrogen (secondary N) is 1. The monoisotopic (exact) mass is 270 g/mol. The van der Waals surface area contributed by atoms with Crippen molar-refractivity contribution in [2.45, 2.75) is 32.8 Å². The summed E-state index contributed by atoms with van der Waals surface area (Å²) in [4.78, 5) is 11.7. The second kappa shape index (κ2) is 6.07. The summed E-state index contributed by atoms with van der Waals surface area (Å²) in [6.45, 7) is 6.22. The van der Waals surface area contributed by atoms with Crippen LogP contribution in [0.2, 0.25) is 5.02 Å². The number of benzene rings is 1.